The molecule has 0 aliphatic carbocycles. The van der Waals surface area contributed by atoms with Gasteiger partial charge in [0.1, 0.15) is 4.90 Å². The fourth-order valence-electron chi connectivity index (χ4n) is 3.44. The maximum atomic E-state index is 12.9. The van der Waals surface area contributed by atoms with Gasteiger partial charge in [-0.25, -0.2) is 8.42 Å². The quantitative estimate of drug-likeness (QED) is 0.880. The van der Waals surface area contributed by atoms with Gasteiger partial charge in [-0.05, 0) is 46.2 Å². The number of rotatable bonds is 2. The van der Waals surface area contributed by atoms with Crippen molar-refractivity contribution in [3.05, 3.63) is 11.4 Å². The summed E-state index contributed by atoms with van der Waals surface area (Å²) in [4.78, 5) is 2.80. The van der Waals surface area contributed by atoms with Gasteiger partial charge in [0.05, 0.1) is 11.4 Å². The lowest BCUT2D eigenvalue weighted by atomic mass is 10.2. The van der Waals surface area contributed by atoms with E-state index in [1.54, 1.807) is 18.2 Å². The average molecular weight is 298 g/mol. The number of aryl methyl sites for hydroxylation is 2. The molecule has 20 heavy (non-hydrogen) atoms. The molecular formula is C13H22N4O2S. The summed E-state index contributed by atoms with van der Waals surface area (Å²) in [5.41, 5.74) is 1.20. The van der Waals surface area contributed by atoms with E-state index in [9.17, 15) is 8.42 Å². The Morgan fingerprint density at radius 3 is 2.65 bits per heavy atom. The van der Waals surface area contributed by atoms with Crippen molar-refractivity contribution in [2.24, 2.45) is 0 Å². The summed E-state index contributed by atoms with van der Waals surface area (Å²) in [6.07, 6.45) is 3.20. The van der Waals surface area contributed by atoms with Crippen molar-refractivity contribution in [3.63, 3.8) is 0 Å². The van der Waals surface area contributed by atoms with E-state index >= 15 is 0 Å². The Morgan fingerprint density at radius 1 is 1.20 bits per heavy atom. The first-order chi connectivity index (χ1) is 9.50. The molecule has 6 nitrogen and oxygen atoms in total. The number of hydrogen-bond donors (Lipinski definition) is 1. The predicted octanol–water partition coefficient (Wildman–Crippen LogP) is 0.885. The smallest absolute Gasteiger partial charge is 0.246 e. The first kappa shape index (κ1) is 14.0. The van der Waals surface area contributed by atoms with Gasteiger partial charge in [-0.2, -0.15) is 9.40 Å². The summed E-state index contributed by atoms with van der Waals surface area (Å²) in [5, 5.41) is 6.80. The van der Waals surface area contributed by atoms with Crippen molar-refractivity contribution in [1.29, 1.82) is 0 Å². The van der Waals surface area contributed by atoms with Crippen LogP contribution in [0.25, 0.3) is 0 Å². The standard InChI is InChI=1S/C13H22N4O2S/c1-10-13(11(2)15-14-10)20(18,19)17-8-4-7-16-6-3-5-12(16)9-17/h12H,3-9H2,1-2H3,(H,14,15). The van der Waals surface area contributed by atoms with E-state index in [2.05, 4.69) is 15.1 Å². The van der Waals surface area contributed by atoms with E-state index in [0.29, 0.717) is 35.4 Å². The number of H-pyrrole nitrogens is 1. The van der Waals surface area contributed by atoms with Gasteiger partial charge in [0, 0.05) is 19.1 Å². The second kappa shape index (κ2) is 5.13. The molecule has 7 heteroatoms. The van der Waals surface area contributed by atoms with Crippen LogP contribution in [0.15, 0.2) is 4.90 Å². The van der Waals surface area contributed by atoms with Crippen LogP contribution in [0.1, 0.15) is 30.7 Å². The normalized spacial score (nSPS) is 25.6. The van der Waals surface area contributed by atoms with Crippen LogP contribution >= 0.6 is 0 Å². The zero-order chi connectivity index (χ0) is 14.3. The van der Waals surface area contributed by atoms with E-state index in [0.717, 1.165) is 25.9 Å². The van der Waals surface area contributed by atoms with Crippen LogP contribution in [0.4, 0.5) is 0 Å². The second-order valence-electron chi connectivity index (χ2n) is 5.81. The highest BCUT2D eigenvalue weighted by atomic mass is 32.2. The van der Waals surface area contributed by atoms with Crippen LogP contribution in [-0.2, 0) is 10.0 Å². The number of fused-ring (bicyclic) bond motifs is 1. The van der Waals surface area contributed by atoms with Gasteiger partial charge in [-0.15, -0.1) is 0 Å². The fraction of sp³-hybridized carbons (Fsp3) is 0.769. The lowest BCUT2D eigenvalue weighted by Gasteiger charge is -2.25. The maximum absolute atomic E-state index is 12.9. The number of nitrogens with one attached hydrogen (secondary N) is 1. The molecule has 2 aliphatic heterocycles. The zero-order valence-corrected chi connectivity index (χ0v) is 12.9. The summed E-state index contributed by atoms with van der Waals surface area (Å²) >= 11 is 0. The Labute approximate surface area is 120 Å². The van der Waals surface area contributed by atoms with Gasteiger partial charge in [-0.1, -0.05) is 0 Å². The topological polar surface area (TPSA) is 69.3 Å². The Morgan fingerprint density at radius 2 is 1.95 bits per heavy atom. The summed E-state index contributed by atoms with van der Waals surface area (Å²) in [6, 6.07) is 0.389. The second-order valence-corrected chi connectivity index (χ2v) is 7.69. The molecule has 2 fully saturated rings. The van der Waals surface area contributed by atoms with Crippen molar-refractivity contribution in [1.82, 2.24) is 19.4 Å². The average Bonchev–Trinajstić information content (AvgIpc) is 2.90. The molecule has 0 spiro atoms. The SMILES string of the molecule is Cc1n[nH]c(C)c1S(=O)(=O)N1CCCN2CCCC2C1. The van der Waals surface area contributed by atoms with Crippen LogP contribution in [0, 0.1) is 13.8 Å². The number of aromatic amines is 1. The van der Waals surface area contributed by atoms with E-state index < -0.39 is 10.0 Å². The minimum Gasteiger partial charge on any atom is -0.299 e. The zero-order valence-electron chi connectivity index (χ0n) is 12.1. The molecule has 2 aliphatic rings. The van der Waals surface area contributed by atoms with E-state index in [1.807, 2.05) is 0 Å². The first-order valence-electron chi connectivity index (χ1n) is 7.26. The molecule has 1 aromatic heterocycles. The van der Waals surface area contributed by atoms with Gasteiger partial charge in [0.15, 0.2) is 0 Å². The van der Waals surface area contributed by atoms with Crippen molar-refractivity contribution < 1.29 is 8.42 Å². The van der Waals surface area contributed by atoms with Gasteiger partial charge in [0.25, 0.3) is 0 Å². The Balaban J connectivity index is 1.91. The van der Waals surface area contributed by atoms with Crippen molar-refractivity contribution in [2.45, 2.75) is 44.0 Å². The third kappa shape index (κ3) is 2.27. The summed E-state index contributed by atoms with van der Waals surface area (Å²) in [5.74, 6) is 0. The molecular weight excluding hydrogens is 276 g/mol. The molecule has 0 amide bonds. The molecule has 3 rings (SSSR count). The van der Waals surface area contributed by atoms with E-state index in [1.165, 1.54) is 6.42 Å². The van der Waals surface area contributed by atoms with Crippen molar-refractivity contribution >= 4 is 10.0 Å². The highest BCUT2D eigenvalue weighted by molar-refractivity contribution is 7.89. The largest absolute Gasteiger partial charge is 0.299 e. The molecule has 0 bridgehead atoms. The molecule has 1 unspecified atom stereocenters. The van der Waals surface area contributed by atoms with Crippen LogP contribution in [-0.4, -0.2) is 60.0 Å². The summed E-state index contributed by atoms with van der Waals surface area (Å²) < 4.78 is 27.4. The lowest BCUT2D eigenvalue weighted by molar-refractivity contribution is 0.257. The van der Waals surface area contributed by atoms with E-state index in [-0.39, 0.29) is 0 Å². The van der Waals surface area contributed by atoms with Crippen molar-refractivity contribution in [2.75, 3.05) is 26.2 Å². The molecule has 1 N–H and O–H groups in total. The highest BCUT2D eigenvalue weighted by Gasteiger charge is 2.36. The Hall–Kier alpha value is -0.920. The van der Waals surface area contributed by atoms with Crippen LogP contribution < -0.4 is 0 Å². The highest BCUT2D eigenvalue weighted by Crippen LogP contribution is 2.27. The number of sulfonamides is 1. The molecule has 112 valence electrons. The Bertz CT molecular complexity index is 576. The summed E-state index contributed by atoms with van der Waals surface area (Å²) in [7, 11) is -3.43. The van der Waals surface area contributed by atoms with Gasteiger partial charge in [0.2, 0.25) is 10.0 Å². The predicted molar refractivity (Wildman–Crippen MR) is 76.0 cm³/mol. The van der Waals surface area contributed by atoms with Crippen LogP contribution in [0.5, 0.6) is 0 Å². The molecule has 0 saturated carbocycles. The monoisotopic (exact) mass is 298 g/mol. The fourth-order valence-corrected chi connectivity index (χ4v) is 5.29. The lowest BCUT2D eigenvalue weighted by Crippen LogP contribution is -2.39. The maximum Gasteiger partial charge on any atom is 0.246 e. The van der Waals surface area contributed by atoms with Gasteiger partial charge < -0.3 is 0 Å². The summed E-state index contributed by atoms with van der Waals surface area (Å²) in [6.45, 7) is 6.87. The molecule has 0 radical (unpaired) electrons. The molecule has 1 atom stereocenters. The molecule has 3 heterocycles. The number of nitrogens with zero attached hydrogens (tertiary/aromatic N) is 3. The third-order valence-electron chi connectivity index (χ3n) is 4.42. The Kier molecular flexibility index (Phi) is 3.60. The number of aromatic nitrogens is 2. The molecule has 0 aromatic carbocycles. The molecule has 1 aromatic rings. The van der Waals surface area contributed by atoms with Crippen LogP contribution in [0.3, 0.4) is 0 Å². The minimum atomic E-state index is -3.43. The van der Waals surface area contributed by atoms with E-state index in [4.69, 9.17) is 0 Å². The minimum absolute atomic E-state index is 0.365. The van der Waals surface area contributed by atoms with Crippen LogP contribution in [0.2, 0.25) is 0 Å². The third-order valence-corrected chi connectivity index (χ3v) is 6.55. The first-order valence-corrected chi connectivity index (χ1v) is 8.70. The number of hydrogen-bond acceptors (Lipinski definition) is 4. The van der Waals surface area contributed by atoms with Gasteiger partial charge in [-0.3, -0.25) is 10.00 Å². The van der Waals surface area contributed by atoms with Gasteiger partial charge >= 0.3 is 0 Å². The van der Waals surface area contributed by atoms with Crippen molar-refractivity contribution in [3.8, 4) is 0 Å². The molecule has 2 saturated heterocycles.